The molecule has 0 aromatic carbocycles. The minimum Gasteiger partial charge on any atom is -0.351 e. The number of hydrogen-bond donors (Lipinski definition) is 1. The van der Waals surface area contributed by atoms with Crippen LogP contribution in [0, 0.1) is 0 Å². The Morgan fingerprint density at radius 1 is 1.10 bits per heavy atom. The van der Waals surface area contributed by atoms with Gasteiger partial charge in [0, 0.05) is 41.4 Å². The van der Waals surface area contributed by atoms with Crippen LogP contribution in [0.15, 0.2) is 0 Å². The summed E-state index contributed by atoms with van der Waals surface area (Å²) in [4.78, 5) is 15.1. The van der Waals surface area contributed by atoms with Crippen LogP contribution in [-0.2, 0) is 10.8 Å². The van der Waals surface area contributed by atoms with Gasteiger partial charge in [0.1, 0.15) is 0 Å². The van der Waals surface area contributed by atoms with Crippen LogP contribution in [0.3, 0.4) is 0 Å². The average Bonchev–Trinajstić information content (AvgIpc) is 2.50. The molecule has 0 bridgehead atoms. The molecule has 1 N–H and O–H groups in total. The quantitative estimate of drug-likeness (QED) is 0.912. The van der Waals surface area contributed by atoms with Crippen LogP contribution in [-0.4, -0.2) is 49.8 Å². The van der Waals surface area contributed by atoms with E-state index >= 15 is 0 Å². The lowest BCUT2D eigenvalue weighted by Gasteiger charge is -2.27. The molecule has 3 rings (SSSR count). The molecule has 0 atom stereocenters. The van der Waals surface area contributed by atoms with Crippen LogP contribution in [0.2, 0.25) is 5.28 Å². The van der Waals surface area contributed by atoms with Gasteiger partial charge < -0.3 is 10.2 Å². The van der Waals surface area contributed by atoms with Gasteiger partial charge in [-0.25, -0.2) is 0 Å². The summed E-state index contributed by atoms with van der Waals surface area (Å²) < 4.78 is 11.4. The molecule has 2 aliphatic heterocycles. The second-order valence-electron chi connectivity index (χ2n) is 5.54. The monoisotopic (exact) mass is 329 g/mol. The van der Waals surface area contributed by atoms with Crippen molar-refractivity contribution in [3.8, 4) is 0 Å². The largest absolute Gasteiger partial charge is 0.351 e. The predicted molar refractivity (Wildman–Crippen MR) is 85.4 cm³/mol. The minimum atomic E-state index is -0.659. The van der Waals surface area contributed by atoms with Crippen molar-refractivity contribution in [3.63, 3.8) is 0 Å². The van der Waals surface area contributed by atoms with Crippen LogP contribution in [0.5, 0.6) is 0 Å². The molecule has 6 nitrogen and oxygen atoms in total. The third-order valence-corrected chi connectivity index (χ3v) is 5.51. The fraction of sp³-hybridized carbons (Fsp3) is 0.769. The molecule has 0 unspecified atom stereocenters. The van der Waals surface area contributed by atoms with Gasteiger partial charge >= 0.3 is 0 Å². The topological polar surface area (TPSA) is 71.0 Å². The zero-order valence-electron chi connectivity index (χ0n) is 11.9. The zero-order chi connectivity index (χ0) is 14.7. The highest BCUT2D eigenvalue weighted by Crippen LogP contribution is 2.20. The molecule has 0 spiro atoms. The molecular formula is C13H20ClN5OS. The van der Waals surface area contributed by atoms with Gasteiger partial charge in [-0.2, -0.15) is 15.0 Å². The van der Waals surface area contributed by atoms with Crippen LogP contribution >= 0.6 is 11.6 Å². The van der Waals surface area contributed by atoms with Gasteiger partial charge in [-0.1, -0.05) is 0 Å². The van der Waals surface area contributed by atoms with Crippen molar-refractivity contribution < 1.29 is 4.21 Å². The van der Waals surface area contributed by atoms with Crippen LogP contribution in [0.25, 0.3) is 0 Å². The fourth-order valence-corrected chi connectivity index (χ4v) is 4.21. The predicted octanol–water partition coefficient (Wildman–Crippen LogP) is 1.84. The summed E-state index contributed by atoms with van der Waals surface area (Å²) in [6, 6.07) is 0.273. The Hall–Kier alpha value is -0.950. The molecule has 1 aromatic rings. The van der Waals surface area contributed by atoms with E-state index in [1.807, 2.05) is 0 Å². The Labute approximate surface area is 132 Å². The highest BCUT2D eigenvalue weighted by molar-refractivity contribution is 7.85. The Bertz CT molecular complexity index is 513. The van der Waals surface area contributed by atoms with Crippen molar-refractivity contribution in [1.29, 1.82) is 0 Å². The van der Waals surface area contributed by atoms with Gasteiger partial charge in [0.05, 0.1) is 0 Å². The van der Waals surface area contributed by atoms with Gasteiger partial charge in [0.15, 0.2) is 0 Å². The first-order chi connectivity index (χ1) is 10.2. The summed E-state index contributed by atoms with van der Waals surface area (Å²) >= 11 is 6.03. The summed E-state index contributed by atoms with van der Waals surface area (Å²) in [5.41, 5.74) is 0. The second kappa shape index (κ2) is 6.87. The molecule has 8 heteroatoms. The summed E-state index contributed by atoms with van der Waals surface area (Å²) in [6.45, 7) is 1.95. The van der Waals surface area contributed by atoms with E-state index in [0.717, 1.165) is 37.4 Å². The first-order valence-corrected chi connectivity index (χ1v) is 9.35. The number of anilines is 2. The molecule has 2 fully saturated rings. The van der Waals surface area contributed by atoms with Crippen LogP contribution < -0.4 is 10.2 Å². The van der Waals surface area contributed by atoms with E-state index in [0.29, 0.717) is 11.9 Å². The molecule has 2 saturated heterocycles. The highest BCUT2D eigenvalue weighted by atomic mass is 35.5. The van der Waals surface area contributed by atoms with E-state index in [1.165, 1.54) is 19.3 Å². The zero-order valence-corrected chi connectivity index (χ0v) is 13.5. The number of aromatic nitrogens is 3. The van der Waals surface area contributed by atoms with Gasteiger partial charge in [-0.3, -0.25) is 4.21 Å². The van der Waals surface area contributed by atoms with Crippen LogP contribution in [0.4, 0.5) is 11.9 Å². The number of rotatable bonds is 3. The molecule has 116 valence electrons. The maximum atomic E-state index is 11.4. The first kappa shape index (κ1) is 15.0. The molecule has 0 radical (unpaired) electrons. The fourth-order valence-electron chi connectivity index (χ4n) is 2.76. The smallest absolute Gasteiger partial charge is 0.231 e. The number of halogens is 1. The van der Waals surface area contributed by atoms with Crippen molar-refractivity contribution in [1.82, 2.24) is 15.0 Å². The lowest BCUT2D eigenvalue weighted by Crippen LogP contribution is -2.33. The Kier molecular flexibility index (Phi) is 4.90. The van der Waals surface area contributed by atoms with E-state index < -0.39 is 10.8 Å². The number of hydrogen-bond acceptors (Lipinski definition) is 6. The summed E-state index contributed by atoms with van der Waals surface area (Å²) in [5.74, 6) is 2.69. The van der Waals surface area contributed by atoms with E-state index in [-0.39, 0.29) is 11.3 Å². The van der Waals surface area contributed by atoms with Gasteiger partial charge in [0.25, 0.3) is 0 Å². The third kappa shape index (κ3) is 4.03. The molecule has 0 aliphatic carbocycles. The first-order valence-electron chi connectivity index (χ1n) is 7.49. The van der Waals surface area contributed by atoms with Gasteiger partial charge in [0.2, 0.25) is 17.2 Å². The van der Waals surface area contributed by atoms with E-state index in [2.05, 4.69) is 25.2 Å². The lowest BCUT2D eigenvalue weighted by molar-refractivity contribution is 0.566. The summed E-state index contributed by atoms with van der Waals surface area (Å²) in [5, 5.41) is 3.54. The van der Waals surface area contributed by atoms with Gasteiger partial charge in [-0.05, 0) is 43.7 Å². The third-order valence-electron chi connectivity index (χ3n) is 3.96. The average molecular weight is 330 g/mol. The van der Waals surface area contributed by atoms with Crippen LogP contribution in [0.1, 0.15) is 32.1 Å². The maximum Gasteiger partial charge on any atom is 0.231 e. The molecule has 0 amide bonds. The summed E-state index contributed by atoms with van der Waals surface area (Å²) in [6.07, 6.45) is 5.37. The maximum absolute atomic E-state index is 11.4. The standard InChI is InChI=1S/C13H20ClN5OS/c14-11-16-12(15-10-4-8-21(20)9-5-10)18-13(17-11)19-6-2-1-3-7-19/h10H,1-9H2,(H,15,16,17,18). The Balaban J connectivity index is 1.70. The van der Waals surface area contributed by atoms with E-state index in [9.17, 15) is 4.21 Å². The van der Waals surface area contributed by atoms with Gasteiger partial charge in [-0.15, -0.1) is 0 Å². The van der Waals surface area contributed by atoms with E-state index in [4.69, 9.17) is 11.6 Å². The van der Waals surface area contributed by atoms with Crippen molar-refractivity contribution >= 4 is 34.3 Å². The SMILES string of the molecule is O=S1CCC(Nc2nc(Cl)nc(N3CCCCC3)n2)CC1. The Morgan fingerprint density at radius 2 is 1.81 bits per heavy atom. The van der Waals surface area contributed by atoms with E-state index in [1.54, 1.807) is 0 Å². The minimum absolute atomic E-state index is 0.229. The highest BCUT2D eigenvalue weighted by Gasteiger charge is 2.20. The lowest BCUT2D eigenvalue weighted by atomic mass is 10.1. The van der Waals surface area contributed by atoms with Crippen molar-refractivity contribution in [2.75, 3.05) is 34.8 Å². The second-order valence-corrected chi connectivity index (χ2v) is 7.58. The molecule has 0 saturated carbocycles. The summed E-state index contributed by atoms with van der Waals surface area (Å²) in [7, 11) is -0.659. The molecule has 2 aliphatic rings. The molecular weight excluding hydrogens is 310 g/mol. The molecule has 21 heavy (non-hydrogen) atoms. The molecule has 1 aromatic heterocycles. The normalized spacial score (nSPS) is 26.6. The van der Waals surface area contributed by atoms with Crippen molar-refractivity contribution in [2.24, 2.45) is 0 Å². The number of nitrogens with one attached hydrogen (secondary N) is 1. The van der Waals surface area contributed by atoms with Crippen molar-refractivity contribution in [2.45, 2.75) is 38.1 Å². The number of piperidine rings is 1. The Morgan fingerprint density at radius 3 is 2.52 bits per heavy atom. The van der Waals surface area contributed by atoms with Crippen molar-refractivity contribution in [3.05, 3.63) is 5.28 Å². The molecule has 3 heterocycles. The number of nitrogens with zero attached hydrogens (tertiary/aromatic N) is 4.